The van der Waals surface area contributed by atoms with Crippen molar-refractivity contribution in [1.82, 2.24) is 9.97 Å². The second kappa shape index (κ2) is 2.96. The molecule has 0 radical (unpaired) electrons. The molecule has 0 aliphatic rings. The van der Waals surface area contributed by atoms with Crippen LogP contribution in [0.1, 0.15) is 16.2 Å². The number of aromatic carboxylic acids is 1. The SMILES string of the molecule is Cc1nc(Br)cnc1C(=O)O. The van der Waals surface area contributed by atoms with E-state index in [0.717, 1.165) is 0 Å². The van der Waals surface area contributed by atoms with Gasteiger partial charge in [0.25, 0.3) is 0 Å². The molecule has 0 aliphatic heterocycles. The Morgan fingerprint density at radius 3 is 2.82 bits per heavy atom. The van der Waals surface area contributed by atoms with Crippen molar-refractivity contribution in [1.29, 1.82) is 0 Å². The van der Waals surface area contributed by atoms with Crippen LogP contribution in [0.15, 0.2) is 10.8 Å². The van der Waals surface area contributed by atoms with Crippen LogP contribution >= 0.6 is 15.9 Å². The Labute approximate surface area is 71.4 Å². The van der Waals surface area contributed by atoms with Crippen molar-refractivity contribution in [3.63, 3.8) is 0 Å². The molecule has 0 saturated carbocycles. The topological polar surface area (TPSA) is 63.1 Å². The zero-order chi connectivity index (χ0) is 8.43. The zero-order valence-electron chi connectivity index (χ0n) is 5.71. The van der Waals surface area contributed by atoms with E-state index < -0.39 is 5.97 Å². The lowest BCUT2D eigenvalue weighted by atomic mass is 10.3. The van der Waals surface area contributed by atoms with Gasteiger partial charge in [0, 0.05) is 0 Å². The maximum absolute atomic E-state index is 10.4. The van der Waals surface area contributed by atoms with Crippen molar-refractivity contribution >= 4 is 21.9 Å². The number of hydrogen-bond donors (Lipinski definition) is 1. The van der Waals surface area contributed by atoms with Crippen molar-refractivity contribution in [3.8, 4) is 0 Å². The maximum Gasteiger partial charge on any atom is 0.356 e. The lowest BCUT2D eigenvalue weighted by molar-refractivity contribution is 0.0689. The molecule has 0 unspecified atom stereocenters. The summed E-state index contributed by atoms with van der Waals surface area (Å²) >= 11 is 3.08. The highest BCUT2D eigenvalue weighted by Gasteiger charge is 2.08. The molecule has 0 aliphatic carbocycles. The minimum Gasteiger partial charge on any atom is -0.476 e. The van der Waals surface area contributed by atoms with Crippen LogP contribution in [0.4, 0.5) is 0 Å². The summed E-state index contributed by atoms with van der Waals surface area (Å²) in [7, 11) is 0. The van der Waals surface area contributed by atoms with E-state index in [0.29, 0.717) is 10.3 Å². The lowest BCUT2D eigenvalue weighted by Crippen LogP contribution is -2.04. The van der Waals surface area contributed by atoms with E-state index in [1.807, 2.05) is 0 Å². The molecule has 4 nitrogen and oxygen atoms in total. The summed E-state index contributed by atoms with van der Waals surface area (Å²) in [4.78, 5) is 18.0. The molecule has 5 heteroatoms. The summed E-state index contributed by atoms with van der Waals surface area (Å²) in [6.07, 6.45) is 1.36. The average Bonchev–Trinajstić information content (AvgIpc) is 1.85. The Bertz CT molecular complexity index is 301. The monoisotopic (exact) mass is 216 g/mol. The molecule has 0 bridgehead atoms. The van der Waals surface area contributed by atoms with E-state index >= 15 is 0 Å². The molecule has 0 atom stereocenters. The average molecular weight is 217 g/mol. The highest BCUT2D eigenvalue weighted by molar-refractivity contribution is 9.10. The maximum atomic E-state index is 10.4. The molecule has 58 valence electrons. The second-order valence-corrected chi connectivity index (χ2v) is 2.74. The quantitative estimate of drug-likeness (QED) is 0.768. The molecule has 0 aromatic carbocycles. The van der Waals surface area contributed by atoms with Crippen molar-refractivity contribution in [2.24, 2.45) is 0 Å². The number of aryl methyl sites for hydroxylation is 1. The van der Waals surface area contributed by atoms with Gasteiger partial charge in [-0.15, -0.1) is 0 Å². The fourth-order valence-electron chi connectivity index (χ4n) is 0.663. The number of hydrogen-bond acceptors (Lipinski definition) is 3. The third-order valence-electron chi connectivity index (χ3n) is 1.12. The Kier molecular flexibility index (Phi) is 2.19. The van der Waals surface area contributed by atoms with Crippen LogP contribution in [0.3, 0.4) is 0 Å². The Hall–Kier alpha value is -0.970. The van der Waals surface area contributed by atoms with Crippen LogP contribution < -0.4 is 0 Å². The molecule has 0 amide bonds. The Balaban J connectivity index is 3.20. The van der Waals surface area contributed by atoms with E-state index in [1.54, 1.807) is 6.92 Å². The number of carboxylic acid groups (broad SMARTS) is 1. The van der Waals surface area contributed by atoms with E-state index in [1.165, 1.54) is 6.20 Å². The smallest absolute Gasteiger partial charge is 0.356 e. The molecule has 1 aromatic rings. The minimum atomic E-state index is -1.05. The molecule has 11 heavy (non-hydrogen) atoms. The van der Waals surface area contributed by atoms with Crippen LogP contribution in [0.5, 0.6) is 0 Å². The first-order valence-corrected chi connectivity index (χ1v) is 3.63. The molecule has 1 heterocycles. The van der Waals surface area contributed by atoms with E-state index in [4.69, 9.17) is 5.11 Å². The third-order valence-corrected chi connectivity index (χ3v) is 1.50. The molecule has 0 fully saturated rings. The normalized spacial score (nSPS) is 9.64. The van der Waals surface area contributed by atoms with Gasteiger partial charge >= 0.3 is 5.97 Å². The first kappa shape index (κ1) is 8.13. The van der Waals surface area contributed by atoms with Crippen molar-refractivity contribution in [3.05, 3.63) is 22.2 Å². The summed E-state index contributed by atoms with van der Waals surface area (Å²) in [6.45, 7) is 1.60. The van der Waals surface area contributed by atoms with Gasteiger partial charge < -0.3 is 5.11 Å². The molecule has 1 aromatic heterocycles. The second-order valence-electron chi connectivity index (χ2n) is 1.93. The van der Waals surface area contributed by atoms with E-state index in [2.05, 4.69) is 25.9 Å². The van der Waals surface area contributed by atoms with Crippen LogP contribution in [-0.2, 0) is 0 Å². The molecule has 1 N–H and O–H groups in total. The van der Waals surface area contributed by atoms with Crippen LogP contribution in [0.2, 0.25) is 0 Å². The van der Waals surface area contributed by atoms with Gasteiger partial charge in [0.2, 0.25) is 0 Å². The highest BCUT2D eigenvalue weighted by atomic mass is 79.9. The van der Waals surface area contributed by atoms with Gasteiger partial charge in [-0.05, 0) is 22.9 Å². The molecule has 0 spiro atoms. The van der Waals surface area contributed by atoms with Crippen molar-refractivity contribution in [2.75, 3.05) is 0 Å². The third kappa shape index (κ3) is 1.74. The van der Waals surface area contributed by atoms with Gasteiger partial charge in [-0.3, -0.25) is 0 Å². The zero-order valence-corrected chi connectivity index (χ0v) is 7.29. The summed E-state index contributed by atoms with van der Waals surface area (Å²) < 4.78 is 0.542. The highest BCUT2D eigenvalue weighted by Crippen LogP contribution is 2.07. The summed E-state index contributed by atoms with van der Waals surface area (Å²) in [6, 6.07) is 0. The minimum absolute atomic E-state index is 0.00630. The number of rotatable bonds is 1. The Morgan fingerprint density at radius 1 is 1.73 bits per heavy atom. The number of carbonyl (C=O) groups is 1. The lowest BCUT2D eigenvalue weighted by Gasteiger charge is -1.97. The summed E-state index contributed by atoms with van der Waals surface area (Å²) in [5.74, 6) is -1.05. The predicted molar refractivity (Wildman–Crippen MR) is 41.4 cm³/mol. The number of aromatic nitrogens is 2. The Morgan fingerprint density at radius 2 is 2.36 bits per heavy atom. The van der Waals surface area contributed by atoms with Crippen LogP contribution in [-0.4, -0.2) is 21.0 Å². The molecule has 0 saturated heterocycles. The standard InChI is InChI=1S/C6H5BrN2O2/c1-3-5(6(10)11)8-2-4(7)9-3/h2H,1H3,(H,10,11). The molecular weight excluding hydrogens is 212 g/mol. The van der Waals surface area contributed by atoms with Gasteiger partial charge in [0.15, 0.2) is 5.69 Å². The van der Waals surface area contributed by atoms with Gasteiger partial charge in [-0.2, -0.15) is 0 Å². The number of nitrogens with zero attached hydrogens (tertiary/aromatic N) is 2. The first-order valence-electron chi connectivity index (χ1n) is 2.83. The van der Waals surface area contributed by atoms with Crippen LogP contribution in [0.25, 0.3) is 0 Å². The van der Waals surface area contributed by atoms with Gasteiger partial charge in [-0.25, -0.2) is 14.8 Å². The summed E-state index contributed by atoms with van der Waals surface area (Å²) in [5, 5.41) is 8.54. The van der Waals surface area contributed by atoms with Crippen molar-refractivity contribution < 1.29 is 9.90 Å². The van der Waals surface area contributed by atoms with Gasteiger partial charge in [-0.1, -0.05) is 0 Å². The molecular formula is C6H5BrN2O2. The van der Waals surface area contributed by atoms with Gasteiger partial charge in [0.05, 0.1) is 11.9 Å². The number of carboxylic acids is 1. The van der Waals surface area contributed by atoms with E-state index in [9.17, 15) is 4.79 Å². The fourth-order valence-corrected chi connectivity index (χ4v) is 1.03. The number of halogens is 1. The molecule has 1 rings (SSSR count). The first-order chi connectivity index (χ1) is 5.11. The fraction of sp³-hybridized carbons (Fsp3) is 0.167. The predicted octanol–water partition coefficient (Wildman–Crippen LogP) is 1.25. The van der Waals surface area contributed by atoms with Gasteiger partial charge in [0.1, 0.15) is 4.60 Å². The van der Waals surface area contributed by atoms with Crippen molar-refractivity contribution in [2.45, 2.75) is 6.92 Å². The van der Waals surface area contributed by atoms with E-state index in [-0.39, 0.29) is 5.69 Å². The van der Waals surface area contributed by atoms with Crippen LogP contribution in [0, 0.1) is 6.92 Å². The summed E-state index contributed by atoms with van der Waals surface area (Å²) in [5.41, 5.74) is 0.403. The largest absolute Gasteiger partial charge is 0.476 e.